The first-order chi connectivity index (χ1) is 8.22. The lowest BCUT2D eigenvalue weighted by Gasteiger charge is -2.34. The molecule has 0 aromatic rings. The van der Waals surface area contributed by atoms with E-state index in [1.807, 2.05) is 0 Å². The monoisotopic (exact) mass is 220 g/mol. The van der Waals surface area contributed by atoms with Gasteiger partial charge in [0.05, 0.1) is 24.3 Å². The van der Waals surface area contributed by atoms with Crippen molar-refractivity contribution in [2.75, 3.05) is 0 Å². The van der Waals surface area contributed by atoms with Crippen molar-refractivity contribution in [2.45, 2.75) is 6.42 Å². The quantitative estimate of drug-likeness (QED) is 0.612. The molecule has 5 aliphatic rings. The van der Waals surface area contributed by atoms with Crippen LogP contribution >= 0.6 is 0 Å². The van der Waals surface area contributed by atoms with Crippen LogP contribution in [0.2, 0.25) is 0 Å². The van der Waals surface area contributed by atoms with Gasteiger partial charge in [-0.05, 0) is 30.1 Å². The van der Waals surface area contributed by atoms with E-state index >= 15 is 0 Å². The second kappa shape index (κ2) is 2.16. The molecule has 0 heterocycles. The number of rotatable bonds is 0. The van der Waals surface area contributed by atoms with Gasteiger partial charge in [0.2, 0.25) is 0 Å². The topological polar surface area (TPSA) is 95.2 Å². The third-order valence-electron chi connectivity index (χ3n) is 5.92. The first-order valence-corrected chi connectivity index (χ1v) is 5.87. The fraction of sp³-hybridized carbons (Fsp3) is 0.692. The lowest BCUT2D eigenvalue weighted by molar-refractivity contribution is 0.178. The van der Waals surface area contributed by atoms with Gasteiger partial charge in [-0.15, -0.1) is 0 Å². The highest BCUT2D eigenvalue weighted by atomic mass is 14.9. The molecule has 17 heavy (non-hydrogen) atoms. The van der Waals surface area contributed by atoms with E-state index in [1.165, 1.54) is 0 Å². The van der Waals surface area contributed by atoms with Gasteiger partial charge >= 0.3 is 0 Å². The molecule has 0 N–H and O–H groups in total. The van der Waals surface area contributed by atoms with Gasteiger partial charge in [0, 0.05) is 11.8 Å². The van der Waals surface area contributed by atoms with Crippen LogP contribution in [0.25, 0.3) is 0 Å². The lowest BCUT2D eigenvalue weighted by Crippen LogP contribution is -2.44. The zero-order chi connectivity index (χ0) is 12.0. The van der Waals surface area contributed by atoms with Crippen molar-refractivity contribution < 1.29 is 0 Å². The predicted molar refractivity (Wildman–Crippen MR) is 52.9 cm³/mol. The molecule has 0 aromatic carbocycles. The molecule has 0 radical (unpaired) electrons. The Balaban J connectivity index is 2.04. The number of nitriles is 4. The molecule has 4 heteroatoms. The minimum atomic E-state index is -1.38. The van der Waals surface area contributed by atoms with Crippen LogP contribution in [-0.4, -0.2) is 0 Å². The summed E-state index contributed by atoms with van der Waals surface area (Å²) >= 11 is 0. The van der Waals surface area contributed by atoms with E-state index in [4.69, 9.17) is 0 Å². The van der Waals surface area contributed by atoms with Gasteiger partial charge in [-0.1, -0.05) is 0 Å². The van der Waals surface area contributed by atoms with Gasteiger partial charge in [-0.3, -0.25) is 0 Å². The van der Waals surface area contributed by atoms with E-state index in [1.54, 1.807) is 0 Å². The highest BCUT2D eigenvalue weighted by molar-refractivity contribution is 5.49. The Morgan fingerprint density at radius 3 is 1.41 bits per heavy atom. The molecule has 5 saturated carbocycles. The fourth-order valence-corrected chi connectivity index (χ4v) is 5.60. The largest absolute Gasteiger partial charge is 0.196 e. The van der Waals surface area contributed by atoms with E-state index in [2.05, 4.69) is 24.3 Å². The van der Waals surface area contributed by atoms with E-state index < -0.39 is 10.8 Å². The van der Waals surface area contributed by atoms with Crippen molar-refractivity contribution in [1.82, 2.24) is 0 Å². The molecule has 0 amide bonds. The normalized spacial score (nSPS) is 52.0. The number of hydrogen-bond acceptors (Lipinski definition) is 4. The van der Waals surface area contributed by atoms with E-state index in [0.717, 1.165) is 6.42 Å². The van der Waals surface area contributed by atoms with Crippen LogP contribution < -0.4 is 0 Å². The molecule has 6 atom stereocenters. The van der Waals surface area contributed by atoms with E-state index in [-0.39, 0.29) is 17.8 Å². The van der Waals surface area contributed by atoms with Crippen LogP contribution in [0.4, 0.5) is 0 Å². The van der Waals surface area contributed by atoms with Gasteiger partial charge < -0.3 is 0 Å². The molecule has 5 aliphatic carbocycles. The minimum absolute atomic E-state index is 0.0169. The molecule has 0 aliphatic heterocycles. The lowest BCUT2D eigenvalue weighted by atomic mass is 9.58. The average Bonchev–Trinajstić information content (AvgIpc) is 2.77. The average molecular weight is 220 g/mol. The summed E-state index contributed by atoms with van der Waals surface area (Å²) in [5, 5.41) is 37.7. The first kappa shape index (κ1) is 9.04. The van der Waals surface area contributed by atoms with Gasteiger partial charge in [0.25, 0.3) is 0 Å². The smallest absolute Gasteiger partial charge is 0.179 e. The van der Waals surface area contributed by atoms with Crippen LogP contribution in [0.15, 0.2) is 0 Å². The number of nitrogens with zero attached hydrogens (tertiary/aromatic N) is 4. The van der Waals surface area contributed by atoms with Crippen molar-refractivity contribution in [1.29, 1.82) is 21.0 Å². The first-order valence-electron chi connectivity index (χ1n) is 5.87. The maximum atomic E-state index is 9.43. The summed E-state index contributed by atoms with van der Waals surface area (Å²) in [6, 6.07) is 8.24. The van der Waals surface area contributed by atoms with Crippen LogP contribution in [-0.2, 0) is 0 Å². The fourth-order valence-electron chi connectivity index (χ4n) is 5.60. The summed E-state index contributed by atoms with van der Waals surface area (Å²) < 4.78 is 0. The molecule has 5 fully saturated rings. The second-order valence-corrected chi connectivity index (χ2v) is 5.83. The third kappa shape index (κ3) is 0.537. The minimum Gasteiger partial charge on any atom is -0.196 e. The zero-order valence-corrected chi connectivity index (χ0v) is 8.96. The summed E-state index contributed by atoms with van der Waals surface area (Å²) in [6.45, 7) is 0. The van der Waals surface area contributed by atoms with Crippen molar-refractivity contribution in [3.8, 4) is 24.3 Å². The number of hydrogen-bond donors (Lipinski definition) is 0. The predicted octanol–water partition coefficient (Wildman–Crippen LogP) is 1.20. The molecule has 5 rings (SSSR count). The molecule has 0 spiro atoms. The second-order valence-electron chi connectivity index (χ2n) is 5.83. The maximum absolute atomic E-state index is 9.43. The maximum Gasteiger partial charge on any atom is 0.179 e. The third-order valence-corrected chi connectivity index (χ3v) is 5.92. The van der Waals surface area contributed by atoms with E-state index in [9.17, 15) is 21.0 Å². The summed E-state index contributed by atoms with van der Waals surface area (Å²) in [5.74, 6) is 1.75. The van der Waals surface area contributed by atoms with Gasteiger partial charge in [-0.25, -0.2) is 0 Å². The van der Waals surface area contributed by atoms with Crippen molar-refractivity contribution in [2.24, 2.45) is 46.3 Å². The zero-order valence-electron chi connectivity index (χ0n) is 8.96. The molecule has 80 valence electrons. The molecular weight excluding hydrogens is 212 g/mol. The van der Waals surface area contributed by atoms with Gasteiger partial charge in [0.15, 0.2) is 10.8 Å². The van der Waals surface area contributed by atoms with Crippen LogP contribution in [0.3, 0.4) is 0 Å². The Morgan fingerprint density at radius 1 is 0.706 bits per heavy atom. The molecular formula is C13H8N4. The Morgan fingerprint density at radius 2 is 1.12 bits per heavy atom. The Bertz CT molecular complexity index is 527. The SMILES string of the molecule is N#CC1(C#N)[C@H]2C3CC4[C@@H]2[C@H]4[C@H]3C1(C#N)C#N. The van der Waals surface area contributed by atoms with Crippen LogP contribution in [0.5, 0.6) is 0 Å². The van der Waals surface area contributed by atoms with Crippen LogP contribution in [0, 0.1) is 91.7 Å². The molecule has 0 saturated heterocycles. The Labute approximate surface area is 98.7 Å². The van der Waals surface area contributed by atoms with Crippen molar-refractivity contribution >= 4 is 0 Å². The molecule has 6 bridgehead atoms. The molecule has 2 unspecified atom stereocenters. The summed E-state index contributed by atoms with van der Waals surface area (Å²) in [6.07, 6.45) is 1.03. The highest BCUT2D eigenvalue weighted by Crippen LogP contribution is 2.88. The Hall–Kier alpha value is -2.04. The van der Waals surface area contributed by atoms with Gasteiger partial charge in [-0.2, -0.15) is 21.0 Å². The standard InChI is InChI=1S/C13H8N4/c14-2-12(3-15)10-7-1-6-8(10)9(6)11(7)13(12,4-16)5-17/h6-11H,1H2/t6?,7?,8-,9+,10-,11-/m0/s1. The van der Waals surface area contributed by atoms with Crippen LogP contribution in [0.1, 0.15) is 6.42 Å². The van der Waals surface area contributed by atoms with Crippen molar-refractivity contribution in [3.05, 3.63) is 0 Å². The van der Waals surface area contributed by atoms with Gasteiger partial charge in [0.1, 0.15) is 0 Å². The molecule has 0 aromatic heterocycles. The summed E-state index contributed by atoms with van der Waals surface area (Å²) in [4.78, 5) is 0. The Kier molecular flexibility index (Phi) is 1.15. The van der Waals surface area contributed by atoms with E-state index in [0.29, 0.717) is 17.8 Å². The highest BCUT2D eigenvalue weighted by Gasteiger charge is 2.90. The van der Waals surface area contributed by atoms with Crippen molar-refractivity contribution in [3.63, 3.8) is 0 Å². The molecule has 4 nitrogen and oxygen atoms in total. The summed E-state index contributed by atoms with van der Waals surface area (Å²) in [7, 11) is 0. The summed E-state index contributed by atoms with van der Waals surface area (Å²) in [5.41, 5.74) is -2.75.